The number of hydrogen-bond acceptors (Lipinski definition) is 5. The molecule has 0 aliphatic carbocycles. The van der Waals surface area contributed by atoms with Gasteiger partial charge < -0.3 is 5.32 Å². The molecule has 3 aromatic rings. The summed E-state index contributed by atoms with van der Waals surface area (Å²) in [5, 5.41) is 7.41. The Balaban J connectivity index is 1.44. The summed E-state index contributed by atoms with van der Waals surface area (Å²) in [7, 11) is -3.78. The van der Waals surface area contributed by atoms with Crippen molar-refractivity contribution in [3.8, 4) is 0 Å². The van der Waals surface area contributed by atoms with Crippen LogP contribution in [0.3, 0.4) is 0 Å². The molecule has 1 amide bonds. The fourth-order valence-electron chi connectivity index (χ4n) is 3.33. The van der Waals surface area contributed by atoms with Crippen LogP contribution in [0.5, 0.6) is 0 Å². The largest absolute Gasteiger partial charge is 0.310 e. The van der Waals surface area contributed by atoms with Crippen molar-refractivity contribution >= 4 is 50.6 Å². The summed E-state index contributed by atoms with van der Waals surface area (Å²) in [6.07, 6.45) is 3.99. The maximum atomic E-state index is 12.9. The molecule has 3 heterocycles. The Morgan fingerprint density at radius 3 is 2.62 bits per heavy atom. The maximum Gasteiger partial charge on any atom is 0.244 e. The lowest BCUT2D eigenvalue weighted by Gasteiger charge is -2.30. The average molecular weight is 454 g/mol. The zero-order valence-corrected chi connectivity index (χ0v) is 17.5. The molecule has 0 radical (unpaired) electrons. The number of carbonyl (C=O) groups is 1. The van der Waals surface area contributed by atoms with Crippen molar-refractivity contribution in [2.75, 3.05) is 18.4 Å². The highest BCUT2D eigenvalue weighted by atomic mass is 35.5. The van der Waals surface area contributed by atoms with Crippen LogP contribution in [0.25, 0.3) is 5.65 Å². The first kappa shape index (κ1) is 20.1. The lowest BCUT2D eigenvalue weighted by molar-refractivity contribution is -0.120. The van der Waals surface area contributed by atoms with Gasteiger partial charge in [0.2, 0.25) is 15.9 Å². The Hall–Kier alpha value is -2.20. The van der Waals surface area contributed by atoms with Crippen molar-refractivity contribution in [1.82, 2.24) is 18.9 Å². The summed E-state index contributed by atoms with van der Waals surface area (Å²) in [5.41, 5.74) is 0.627. The van der Waals surface area contributed by atoms with E-state index in [0.29, 0.717) is 29.3 Å². The molecule has 0 spiro atoms. The molecule has 11 heteroatoms. The second-order valence-electron chi connectivity index (χ2n) is 6.67. The Labute approximate surface area is 177 Å². The van der Waals surface area contributed by atoms with E-state index in [-0.39, 0.29) is 34.8 Å². The summed E-state index contributed by atoms with van der Waals surface area (Å²) in [4.78, 5) is 16.8. The van der Waals surface area contributed by atoms with Crippen LogP contribution >= 0.6 is 23.2 Å². The number of piperidine rings is 1. The minimum Gasteiger partial charge on any atom is -0.310 e. The summed E-state index contributed by atoms with van der Waals surface area (Å²) in [6.45, 7) is 0.438. The van der Waals surface area contributed by atoms with Crippen molar-refractivity contribution in [3.05, 3.63) is 52.8 Å². The third-order valence-corrected chi connectivity index (χ3v) is 7.49. The zero-order chi connectivity index (χ0) is 20.6. The van der Waals surface area contributed by atoms with Gasteiger partial charge in [0.25, 0.3) is 0 Å². The van der Waals surface area contributed by atoms with Gasteiger partial charge in [0, 0.05) is 36.3 Å². The summed E-state index contributed by atoms with van der Waals surface area (Å²) < 4.78 is 28.7. The second-order valence-corrected chi connectivity index (χ2v) is 9.42. The van der Waals surface area contributed by atoms with Crippen LogP contribution in [0.1, 0.15) is 12.8 Å². The number of fused-ring (bicyclic) bond motifs is 1. The van der Waals surface area contributed by atoms with Gasteiger partial charge >= 0.3 is 0 Å². The van der Waals surface area contributed by atoms with Crippen LogP contribution in [-0.4, -0.2) is 46.3 Å². The molecular weight excluding hydrogens is 437 g/mol. The lowest BCUT2D eigenvalue weighted by Crippen LogP contribution is -2.41. The van der Waals surface area contributed by atoms with Crippen molar-refractivity contribution in [2.45, 2.75) is 17.7 Å². The van der Waals surface area contributed by atoms with Gasteiger partial charge in [0.05, 0.1) is 11.2 Å². The summed E-state index contributed by atoms with van der Waals surface area (Å²) in [6, 6.07) is 7.74. The molecule has 1 N–H and O–H groups in total. The third kappa shape index (κ3) is 3.95. The number of anilines is 1. The fourth-order valence-corrected chi connectivity index (χ4v) is 5.54. The Morgan fingerprint density at radius 1 is 1.10 bits per heavy atom. The number of benzene rings is 1. The molecule has 4 rings (SSSR count). The quantitative estimate of drug-likeness (QED) is 0.654. The molecule has 29 heavy (non-hydrogen) atoms. The highest BCUT2D eigenvalue weighted by Gasteiger charge is 2.33. The number of amides is 1. The van der Waals surface area contributed by atoms with Crippen molar-refractivity contribution in [2.24, 2.45) is 5.92 Å². The standard InChI is InChI=1S/C18H17Cl2N5O3S/c19-13-1-2-14(20)15(11-13)29(27,28)24-9-5-12(6-10-24)18(26)23-17-3-7-21-16-4-8-22-25(16)17/h1-4,7-8,11-12H,5-6,9-10H2,(H,23,26). The minimum absolute atomic E-state index is 0.0209. The molecule has 0 atom stereocenters. The highest BCUT2D eigenvalue weighted by Crippen LogP contribution is 2.30. The molecule has 2 aromatic heterocycles. The SMILES string of the molecule is O=C(Nc1ccnc2ccnn12)C1CCN(S(=O)(=O)c2cc(Cl)ccc2Cl)CC1. The van der Waals surface area contributed by atoms with Crippen molar-refractivity contribution in [3.63, 3.8) is 0 Å². The first-order chi connectivity index (χ1) is 13.9. The topological polar surface area (TPSA) is 96.7 Å². The number of sulfonamides is 1. The monoisotopic (exact) mass is 453 g/mol. The highest BCUT2D eigenvalue weighted by molar-refractivity contribution is 7.89. The van der Waals surface area contributed by atoms with E-state index < -0.39 is 10.0 Å². The van der Waals surface area contributed by atoms with Crippen LogP contribution in [0, 0.1) is 5.92 Å². The Kier molecular flexibility index (Phi) is 5.48. The van der Waals surface area contributed by atoms with E-state index in [1.165, 1.54) is 22.5 Å². The van der Waals surface area contributed by atoms with Gasteiger partial charge in [0.15, 0.2) is 5.65 Å². The van der Waals surface area contributed by atoms with Gasteiger partial charge in [-0.3, -0.25) is 4.79 Å². The van der Waals surface area contributed by atoms with Gasteiger partial charge in [0.1, 0.15) is 10.7 Å². The van der Waals surface area contributed by atoms with Crippen LogP contribution in [-0.2, 0) is 14.8 Å². The second kappa shape index (κ2) is 7.91. The molecule has 0 bridgehead atoms. The fraction of sp³-hybridized carbons (Fsp3) is 0.278. The van der Waals surface area contributed by atoms with Crippen molar-refractivity contribution in [1.29, 1.82) is 0 Å². The maximum absolute atomic E-state index is 12.9. The predicted octanol–water partition coefficient (Wildman–Crippen LogP) is 3.08. The molecule has 152 valence electrons. The summed E-state index contributed by atoms with van der Waals surface area (Å²) >= 11 is 12.0. The first-order valence-electron chi connectivity index (χ1n) is 8.91. The van der Waals surface area contributed by atoms with E-state index in [0.717, 1.165) is 0 Å². The first-order valence-corrected chi connectivity index (χ1v) is 11.1. The van der Waals surface area contributed by atoms with Gasteiger partial charge in [-0.1, -0.05) is 23.2 Å². The Bertz CT molecular complexity index is 1170. The number of aromatic nitrogens is 3. The van der Waals surface area contributed by atoms with Crippen LogP contribution in [0.15, 0.2) is 47.6 Å². The van der Waals surface area contributed by atoms with Gasteiger partial charge in [-0.15, -0.1) is 0 Å². The molecule has 1 aliphatic heterocycles. The van der Waals surface area contributed by atoms with Gasteiger partial charge in [-0.05, 0) is 37.1 Å². The molecule has 1 aliphatic rings. The van der Waals surface area contributed by atoms with Crippen LogP contribution in [0.2, 0.25) is 10.0 Å². The molecule has 1 aromatic carbocycles. The number of carbonyl (C=O) groups excluding carboxylic acids is 1. The molecule has 1 fully saturated rings. The van der Waals surface area contributed by atoms with E-state index in [4.69, 9.17) is 23.2 Å². The van der Waals surface area contributed by atoms with E-state index in [9.17, 15) is 13.2 Å². The molecular formula is C18H17Cl2N5O3S. The molecule has 0 saturated carbocycles. The number of hydrogen-bond donors (Lipinski definition) is 1. The van der Waals surface area contributed by atoms with E-state index in [1.54, 1.807) is 29.0 Å². The van der Waals surface area contributed by atoms with E-state index in [2.05, 4.69) is 15.4 Å². The Morgan fingerprint density at radius 2 is 1.86 bits per heavy atom. The molecule has 0 unspecified atom stereocenters. The number of nitrogens with zero attached hydrogens (tertiary/aromatic N) is 4. The van der Waals surface area contributed by atoms with Crippen molar-refractivity contribution < 1.29 is 13.2 Å². The molecule has 8 nitrogen and oxygen atoms in total. The van der Waals surface area contributed by atoms with Gasteiger partial charge in [-0.2, -0.15) is 13.9 Å². The van der Waals surface area contributed by atoms with Crippen LogP contribution in [0.4, 0.5) is 5.82 Å². The lowest BCUT2D eigenvalue weighted by atomic mass is 9.97. The smallest absolute Gasteiger partial charge is 0.244 e. The molecule has 1 saturated heterocycles. The number of halogens is 2. The number of rotatable bonds is 4. The van der Waals surface area contributed by atoms with Crippen LogP contribution < -0.4 is 5.32 Å². The predicted molar refractivity (Wildman–Crippen MR) is 110 cm³/mol. The van der Waals surface area contributed by atoms with E-state index in [1.807, 2.05) is 0 Å². The summed E-state index contributed by atoms with van der Waals surface area (Å²) in [5.74, 6) is 0.0339. The normalized spacial score (nSPS) is 16.2. The van der Waals surface area contributed by atoms with E-state index >= 15 is 0 Å². The average Bonchev–Trinajstić information content (AvgIpc) is 3.20. The minimum atomic E-state index is -3.78. The zero-order valence-electron chi connectivity index (χ0n) is 15.1. The number of nitrogens with one attached hydrogen (secondary N) is 1. The third-order valence-electron chi connectivity index (χ3n) is 4.88. The van der Waals surface area contributed by atoms with Gasteiger partial charge in [-0.25, -0.2) is 13.4 Å².